The highest BCUT2D eigenvalue weighted by Gasteiger charge is 2.54. The second-order valence-corrected chi connectivity index (χ2v) is 9.87. The van der Waals surface area contributed by atoms with Crippen molar-refractivity contribution in [2.75, 3.05) is 18.6 Å². The lowest BCUT2D eigenvalue weighted by atomic mass is 9.62. The monoisotopic (exact) mass is 493 g/mol. The highest BCUT2D eigenvalue weighted by atomic mass is 35.5. The molecule has 1 N–H and O–H groups in total. The largest absolute Gasteiger partial charge is 0.467 e. The molecule has 3 aliphatic rings. The number of hydrogen-bond donors (Lipinski definition) is 1. The zero-order valence-electron chi connectivity index (χ0n) is 19.7. The lowest BCUT2D eigenvalue weighted by molar-refractivity contribution is -0.143. The Balaban J connectivity index is 1.35. The van der Waals surface area contributed by atoms with Gasteiger partial charge in [0, 0.05) is 42.3 Å². The van der Waals surface area contributed by atoms with Crippen LogP contribution in [0.1, 0.15) is 53.6 Å². The van der Waals surface area contributed by atoms with E-state index in [9.17, 15) is 14.4 Å². The topological polar surface area (TPSA) is 88.6 Å². The molecule has 1 aromatic heterocycles. The van der Waals surface area contributed by atoms with E-state index in [0.717, 1.165) is 55.3 Å². The number of carbonyl (C=O) groups is 3. The van der Waals surface area contributed by atoms with Gasteiger partial charge in [-0.1, -0.05) is 43.0 Å². The van der Waals surface area contributed by atoms with E-state index in [2.05, 4.69) is 10.3 Å². The summed E-state index contributed by atoms with van der Waals surface area (Å²) in [5, 5.41) is 3.50. The van der Waals surface area contributed by atoms with Gasteiger partial charge in [-0.3, -0.25) is 14.6 Å². The number of rotatable bonds is 6. The number of benzene rings is 1. The van der Waals surface area contributed by atoms with E-state index in [4.69, 9.17) is 16.3 Å². The molecule has 1 unspecified atom stereocenters. The van der Waals surface area contributed by atoms with E-state index in [1.54, 1.807) is 29.4 Å². The van der Waals surface area contributed by atoms with Crippen molar-refractivity contribution in [3.05, 3.63) is 70.1 Å². The molecule has 5 rings (SSSR count). The number of aromatic nitrogens is 1. The van der Waals surface area contributed by atoms with E-state index in [0.29, 0.717) is 24.2 Å². The van der Waals surface area contributed by atoms with Crippen LogP contribution in [0.4, 0.5) is 5.69 Å². The fraction of sp³-hybridized carbons (Fsp3) is 0.407. The van der Waals surface area contributed by atoms with Gasteiger partial charge in [-0.05, 0) is 48.6 Å². The maximum absolute atomic E-state index is 12.9. The molecule has 1 amide bonds. The number of ketones is 1. The molecular formula is C27H28ClN3O4. The van der Waals surface area contributed by atoms with E-state index in [1.807, 2.05) is 18.2 Å². The fourth-order valence-corrected chi connectivity index (χ4v) is 6.02. The first-order chi connectivity index (χ1) is 16.9. The molecule has 0 saturated heterocycles. The van der Waals surface area contributed by atoms with Gasteiger partial charge in [0.15, 0.2) is 5.78 Å². The molecule has 0 radical (unpaired) electrons. The molecule has 1 fully saturated rings. The maximum atomic E-state index is 12.9. The minimum atomic E-state index is -0.662. The SMILES string of the molecule is COC(=O)C(Cc1ccc2c(c1)CCN2C(=O)c1ccncc1)NC1=C(Cl)C(=O)C12CCCCC2. The number of allylic oxidation sites excluding steroid dienone is 2. The number of nitrogens with zero attached hydrogens (tertiary/aromatic N) is 2. The molecule has 35 heavy (non-hydrogen) atoms. The zero-order chi connectivity index (χ0) is 24.6. The van der Waals surface area contributed by atoms with Crippen molar-refractivity contribution in [2.45, 2.75) is 51.0 Å². The van der Waals surface area contributed by atoms with Crippen molar-refractivity contribution < 1.29 is 19.1 Å². The molecule has 8 heteroatoms. The Hall–Kier alpha value is -3.19. The van der Waals surface area contributed by atoms with Crippen molar-refractivity contribution in [1.82, 2.24) is 10.3 Å². The predicted molar refractivity (Wildman–Crippen MR) is 132 cm³/mol. The number of hydrogen-bond acceptors (Lipinski definition) is 6. The third-order valence-electron chi connectivity index (χ3n) is 7.50. The van der Waals surface area contributed by atoms with E-state index in [-0.39, 0.29) is 16.7 Å². The number of methoxy groups -OCH3 is 1. The van der Waals surface area contributed by atoms with Crippen LogP contribution in [0.2, 0.25) is 0 Å². The molecule has 0 bridgehead atoms. The van der Waals surface area contributed by atoms with Gasteiger partial charge in [-0.2, -0.15) is 0 Å². The standard InChI is InChI=1S/C27H28ClN3O4/c1-35-26(34)20(30-23-22(28)24(32)27(23)10-3-2-4-11-27)16-17-5-6-21-19(15-17)9-14-31(21)25(33)18-7-12-29-13-8-18/h5-8,12-13,15,20,30H,2-4,9-11,14,16H2,1H3. The van der Waals surface area contributed by atoms with Crippen LogP contribution in [-0.4, -0.2) is 42.3 Å². The number of fused-ring (bicyclic) bond motifs is 1. The number of pyridine rings is 1. The van der Waals surface area contributed by atoms with Crippen LogP contribution in [0.5, 0.6) is 0 Å². The highest BCUT2D eigenvalue weighted by molar-refractivity contribution is 6.47. The first kappa shape index (κ1) is 23.5. The molecule has 1 spiro atoms. The summed E-state index contributed by atoms with van der Waals surface area (Å²) in [6, 6.07) is 8.69. The van der Waals surface area contributed by atoms with Gasteiger partial charge in [0.05, 0.1) is 12.5 Å². The van der Waals surface area contributed by atoms with Gasteiger partial charge in [0.1, 0.15) is 11.1 Å². The third kappa shape index (κ3) is 4.12. The van der Waals surface area contributed by atoms with Crippen LogP contribution in [0.15, 0.2) is 53.5 Å². The van der Waals surface area contributed by atoms with E-state index >= 15 is 0 Å². The van der Waals surface area contributed by atoms with Crippen molar-refractivity contribution in [3.8, 4) is 0 Å². The van der Waals surface area contributed by atoms with Crippen LogP contribution in [0, 0.1) is 5.41 Å². The Morgan fingerprint density at radius 1 is 1.17 bits per heavy atom. The number of amides is 1. The van der Waals surface area contributed by atoms with Crippen molar-refractivity contribution in [1.29, 1.82) is 0 Å². The lowest BCUT2D eigenvalue weighted by Gasteiger charge is -2.46. The smallest absolute Gasteiger partial charge is 0.328 e. The second-order valence-electron chi connectivity index (χ2n) is 9.49. The maximum Gasteiger partial charge on any atom is 0.328 e. The van der Waals surface area contributed by atoms with Crippen LogP contribution >= 0.6 is 11.6 Å². The van der Waals surface area contributed by atoms with E-state index < -0.39 is 17.4 Å². The number of Topliss-reactive ketones (excluding diaryl/α,β-unsaturated/α-hetero) is 1. The molecule has 2 aromatic rings. The molecule has 1 aromatic carbocycles. The molecule has 1 aliphatic heterocycles. The fourth-order valence-electron chi connectivity index (χ4n) is 5.61. The van der Waals surface area contributed by atoms with Gasteiger partial charge >= 0.3 is 5.97 Å². The van der Waals surface area contributed by atoms with Crippen molar-refractivity contribution in [2.24, 2.45) is 5.41 Å². The summed E-state index contributed by atoms with van der Waals surface area (Å²) in [4.78, 5) is 44.1. The molecule has 182 valence electrons. The quantitative estimate of drug-likeness (QED) is 0.613. The lowest BCUT2D eigenvalue weighted by Crippen LogP contribution is -2.53. The molecular weight excluding hydrogens is 466 g/mol. The summed E-state index contributed by atoms with van der Waals surface area (Å²) in [6.45, 7) is 0.603. The van der Waals surface area contributed by atoms with Crippen molar-refractivity contribution in [3.63, 3.8) is 0 Å². The molecule has 2 heterocycles. The Morgan fingerprint density at radius 2 is 1.91 bits per heavy atom. The number of ether oxygens (including phenoxy) is 1. The number of carbonyl (C=O) groups excluding carboxylic acids is 3. The Kier molecular flexibility index (Phi) is 6.36. The average Bonchev–Trinajstić information content (AvgIpc) is 3.33. The normalized spacial score (nSPS) is 19.3. The van der Waals surface area contributed by atoms with E-state index in [1.165, 1.54) is 7.11 Å². The first-order valence-corrected chi connectivity index (χ1v) is 12.5. The Bertz CT molecular complexity index is 1200. The summed E-state index contributed by atoms with van der Waals surface area (Å²) >= 11 is 6.33. The molecule has 2 aliphatic carbocycles. The Morgan fingerprint density at radius 3 is 2.63 bits per heavy atom. The van der Waals surface area contributed by atoms with Gasteiger partial charge in [0.2, 0.25) is 0 Å². The van der Waals surface area contributed by atoms with Crippen LogP contribution in [0.25, 0.3) is 0 Å². The second kappa shape index (κ2) is 9.46. The number of anilines is 1. The van der Waals surface area contributed by atoms with Gasteiger partial charge in [-0.15, -0.1) is 0 Å². The Labute approximate surface area is 209 Å². The van der Waals surface area contributed by atoms with Crippen LogP contribution < -0.4 is 10.2 Å². The summed E-state index contributed by atoms with van der Waals surface area (Å²) in [7, 11) is 1.36. The number of nitrogens with one attached hydrogen (secondary N) is 1. The van der Waals surface area contributed by atoms with Gasteiger partial charge < -0.3 is 15.0 Å². The summed E-state index contributed by atoms with van der Waals surface area (Å²) < 4.78 is 5.07. The van der Waals surface area contributed by atoms with Gasteiger partial charge in [0.25, 0.3) is 5.91 Å². The van der Waals surface area contributed by atoms with Crippen LogP contribution in [-0.2, 0) is 27.2 Å². The first-order valence-electron chi connectivity index (χ1n) is 12.1. The molecule has 7 nitrogen and oxygen atoms in total. The minimum absolute atomic E-state index is 0.0125. The number of esters is 1. The predicted octanol–water partition coefficient (Wildman–Crippen LogP) is 3.94. The number of halogens is 1. The van der Waals surface area contributed by atoms with Gasteiger partial charge in [-0.25, -0.2) is 4.79 Å². The molecule has 1 saturated carbocycles. The minimum Gasteiger partial charge on any atom is -0.467 e. The summed E-state index contributed by atoms with van der Waals surface area (Å²) in [6.07, 6.45) is 8.94. The summed E-state index contributed by atoms with van der Waals surface area (Å²) in [5.74, 6) is -0.467. The third-order valence-corrected chi connectivity index (χ3v) is 7.86. The summed E-state index contributed by atoms with van der Waals surface area (Å²) in [5.41, 5.74) is 3.61. The average molecular weight is 494 g/mol. The highest BCUT2D eigenvalue weighted by Crippen LogP contribution is 2.53. The van der Waals surface area contributed by atoms with Crippen molar-refractivity contribution >= 4 is 34.9 Å². The molecule has 1 atom stereocenters. The zero-order valence-corrected chi connectivity index (χ0v) is 20.4. The van der Waals surface area contributed by atoms with Crippen LogP contribution in [0.3, 0.4) is 0 Å².